The SMILES string of the molecule is C=CCN(C(=O)Cc1ccc(Cl)cc1)c1csc(-c2ccccc2)c1. The van der Waals surface area contributed by atoms with Gasteiger partial charge in [0.15, 0.2) is 0 Å². The molecule has 0 saturated heterocycles. The summed E-state index contributed by atoms with van der Waals surface area (Å²) in [5.74, 6) is 0.0413. The number of carbonyl (C=O) groups excluding carboxylic acids is 1. The van der Waals surface area contributed by atoms with E-state index in [1.807, 2.05) is 35.7 Å². The summed E-state index contributed by atoms with van der Waals surface area (Å²) in [7, 11) is 0. The van der Waals surface area contributed by atoms with Crippen molar-refractivity contribution in [1.29, 1.82) is 0 Å². The highest BCUT2D eigenvalue weighted by Gasteiger charge is 2.17. The zero-order chi connectivity index (χ0) is 17.6. The van der Waals surface area contributed by atoms with Gasteiger partial charge in [-0.25, -0.2) is 0 Å². The topological polar surface area (TPSA) is 20.3 Å². The average molecular weight is 368 g/mol. The molecule has 2 nitrogen and oxygen atoms in total. The number of hydrogen-bond donors (Lipinski definition) is 0. The summed E-state index contributed by atoms with van der Waals surface area (Å²) >= 11 is 7.55. The summed E-state index contributed by atoms with van der Waals surface area (Å²) in [4.78, 5) is 15.7. The van der Waals surface area contributed by atoms with Gasteiger partial charge in [-0.05, 0) is 29.3 Å². The molecule has 0 N–H and O–H groups in total. The van der Waals surface area contributed by atoms with Crippen LogP contribution in [0.4, 0.5) is 5.69 Å². The molecule has 0 saturated carbocycles. The van der Waals surface area contributed by atoms with Crippen LogP contribution < -0.4 is 4.90 Å². The lowest BCUT2D eigenvalue weighted by Crippen LogP contribution is -2.32. The van der Waals surface area contributed by atoms with Crippen molar-refractivity contribution >= 4 is 34.5 Å². The van der Waals surface area contributed by atoms with Crippen LogP contribution in [0.5, 0.6) is 0 Å². The molecule has 1 aromatic heterocycles. The Hall–Kier alpha value is -2.36. The molecule has 25 heavy (non-hydrogen) atoms. The maximum absolute atomic E-state index is 12.8. The molecule has 3 aromatic rings. The van der Waals surface area contributed by atoms with Crippen LogP contribution in [-0.4, -0.2) is 12.5 Å². The number of amides is 1. The van der Waals surface area contributed by atoms with Crippen LogP contribution in [0, 0.1) is 0 Å². The highest BCUT2D eigenvalue weighted by Crippen LogP contribution is 2.32. The van der Waals surface area contributed by atoms with E-state index >= 15 is 0 Å². The molecule has 0 atom stereocenters. The first-order valence-electron chi connectivity index (χ1n) is 7.97. The van der Waals surface area contributed by atoms with Gasteiger partial charge in [0.2, 0.25) is 5.91 Å². The Balaban J connectivity index is 1.81. The summed E-state index contributed by atoms with van der Waals surface area (Å²) in [6.07, 6.45) is 2.08. The summed E-state index contributed by atoms with van der Waals surface area (Å²) in [5.41, 5.74) is 3.01. The molecule has 0 aliphatic heterocycles. The van der Waals surface area contributed by atoms with Crippen molar-refractivity contribution in [2.75, 3.05) is 11.4 Å². The van der Waals surface area contributed by atoms with Crippen LogP contribution in [0.3, 0.4) is 0 Å². The fourth-order valence-corrected chi connectivity index (χ4v) is 3.60. The number of carbonyl (C=O) groups is 1. The molecular weight excluding hydrogens is 350 g/mol. The molecule has 0 radical (unpaired) electrons. The molecule has 2 aromatic carbocycles. The van der Waals surface area contributed by atoms with Crippen LogP contribution in [0.1, 0.15) is 5.56 Å². The molecule has 4 heteroatoms. The average Bonchev–Trinajstić information content (AvgIpc) is 3.12. The molecule has 1 amide bonds. The molecule has 0 aliphatic carbocycles. The molecular formula is C21H18ClNOS. The summed E-state index contributed by atoms with van der Waals surface area (Å²) in [5, 5.41) is 2.69. The first-order valence-corrected chi connectivity index (χ1v) is 9.23. The third kappa shape index (κ3) is 4.38. The Kier molecular flexibility index (Phi) is 5.69. The minimum atomic E-state index is 0.0413. The second-order valence-electron chi connectivity index (χ2n) is 5.63. The van der Waals surface area contributed by atoms with Gasteiger partial charge in [0.1, 0.15) is 0 Å². The smallest absolute Gasteiger partial charge is 0.231 e. The highest BCUT2D eigenvalue weighted by atomic mass is 35.5. The third-order valence-corrected chi connectivity index (χ3v) is 5.06. The lowest BCUT2D eigenvalue weighted by atomic mass is 10.1. The monoisotopic (exact) mass is 367 g/mol. The van der Waals surface area contributed by atoms with Gasteiger partial charge in [0.25, 0.3) is 0 Å². The lowest BCUT2D eigenvalue weighted by Gasteiger charge is -2.20. The molecule has 3 rings (SSSR count). The molecule has 1 heterocycles. The number of anilines is 1. The van der Waals surface area contributed by atoms with E-state index in [0.29, 0.717) is 18.0 Å². The largest absolute Gasteiger partial charge is 0.307 e. The summed E-state index contributed by atoms with van der Waals surface area (Å²) in [6, 6.07) is 19.6. The van der Waals surface area contributed by atoms with E-state index in [-0.39, 0.29) is 5.91 Å². The molecule has 0 fully saturated rings. The van der Waals surface area contributed by atoms with E-state index < -0.39 is 0 Å². The third-order valence-electron chi connectivity index (χ3n) is 3.84. The lowest BCUT2D eigenvalue weighted by molar-refractivity contribution is -0.117. The van der Waals surface area contributed by atoms with Gasteiger partial charge in [-0.3, -0.25) is 4.79 Å². The molecule has 0 aliphatic rings. The van der Waals surface area contributed by atoms with E-state index in [1.54, 1.807) is 34.4 Å². The Morgan fingerprint density at radius 3 is 2.52 bits per heavy atom. The Morgan fingerprint density at radius 1 is 1.12 bits per heavy atom. The zero-order valence-corrected chi connectivity index (χ0v) is 15.3. The van der Waals surface area contributed by atoms with Crippen molar-refractivity contribution in [2.24, 2.45) is 0 Å². The van der Waals surface area contributed by atoms with Gasteiger partial charge in [0.05, 0.1) is 12.1 Å². The predicted octanol–water partition coefficient (Wildman–Crippen LogP) is 5.83. The Bertz CT molecular complexity index is 855. The fraction of sp³-hybridized carbons (Fsp3) is 0.0952. The molecule has 0 spiro atoms. The van der Waals surface area contributed by atoms with Crippen molar-refractivity contribution in [3.8, 4) is 10.4 Å². The summed E-state index contributed by atoms with van der Waals surface area (Å²) in [6.45, 7) is 4.27. The van der Waals surface area contributed by atoms with E-state index in [1.165, 1.54) is 0 Å². The van der Waals surface area contributed by atoms with Crippen molar-refractivity contribution in [1.82, 2.24) is 0 Å². The zero-order valence-electron chi connectivity index (χ0n) is 13.7. The van der Waals surface area contributed by atoms with Crippen LogP contribution in [0.2, 0.25) is 5.02 Å². The fourth-order valence-electron chi connectivity index (χ4n) is 2.57. The standard InChI is InChI=1S/C21H18ClNOS/c1-2-12-23(21(24)13-16-8-10-18(22)11-9-16)19-14-20(25-15-19)17-6-4-3-5-7-17/h2-11,14-15H,1,12-13H2. The normalized spacial score (nSPS) is 10.4. The van der Waals surface area contributed by atoms with Gasteiger partial charge in [-0.2, -0.15) is 0 Å². The van der Waals surface area contributed by atoms with Crippen molar-refractivity contribution < 1.29 is 4.79 Å². The quantitative estimate of drug-likeness (QED) is 0.502. The number of benzene rings is 2. The predicted molar refractivity (Wildman–Crippen MR) is 107 cm³/mol. The molecule has 0 bridgehead atoms. The molecule has 0 unspecified atom stereocenters. The van der Waals surface area contributed by atoms with E-state index in [4.69, 9.17) is 11.6 Å². The highest BCUT2D eigenvalue weighted by molar-refractivity contribution is 7.14. The van der Waals surface area contributed by atoms with Gasteiger partial charge in [-0.15, -0.1) is 17.9 Å². The first-order chi connectivity index (χ1) is 12.2. The Labute approximate surface area is 157 Å². The maximum Gasteiger partial charge on any atom is 0.231 e. The second kappa shape index (κ2) is 8.15. The maximum atomic E-state index is 12.8. The van der Waals surface area contributed by atoms with Gasteiger partial charge >= 0.3 is 0 Å². The minimum absolute atomic E-state index is 0.0413. The van der Waals surface area contributed by atoms with Crippen LogP contribution >= 0.6 is 22.9 Å². The minimum Gasteiger partial charge on any atom is -0.307 e. The van der Waals surface area contributed by atoms with Crippen LogP contribution in [-0.2, 0) is 11.2 Å². The van der Waals surface area contributed by atoms with Crippen molar-refractivity contribution in [3.05, 3.63) is 89.3 Å². The Morgan fingerprint density at radius 2 is 1.84 bits per heavy atom. The van der Waals surface area contributed by atoms with Gasteiger partial charge in [-0.1, -0.05) is 60.1 Å². The van der Waals surface area contributed by atoms with Gasteiger partial charge in [0, 0.05) is 21.8 Å². The van der Waals surface area contributed by atoms with E-state index in [2.05, 4.69) is 24.8 Å². The molecule has 126 valence electrons. The van der Waals surface area contributed by atoms with Crippen LogP contribution in [0.25, 0.3) is 10.4 Å². The van der Waals surface area contributed by atoms with Crippen LogP contribution in [0.15, 0.2) is 78.7 Å². The number of nitrogens with zero attached hydrogens (tertiary/aromatic N) is 1. The summed E-state index contributed by atoms with van der Waals surface area (Å²) < 4.78 is 0. The number of rotatable bonds is 6. The van der Waals surface area contributed by atoms with E-state index in [9.17, 15) is 4.79 Å². The number of hydrogen-bond acceptors (Lipinski definition) is 2. The number of thiophene rings is 1. The van der Waals surface area contributed by atoms with Crippen molar-refractivity contribution in [2.45, 2.75) is 6.42 Å². The second-order valence-corrected chi connectivity index (χ2v) is 6.98. The van der Waals surface area contributed by atoms with E-state index in [0.717, 1.165) is 21.7 Å². The first kappa shape index (κ1) is 17.5. The van der Waals surface area contributed by atoms with Crippen molar-refractivity contribution in [3.63, 3.8) is 0 Å². The van der Waals surface area contributed by atoms with Gasteiger partial charge < -0.3 is 4.90 Å². The number of halogens is 1.